The van der Waals surface area contributed by atoms with Gasteiger partial charge in [-0.1, -0.05) is 24.3 Å². The summed E-state index contributed by atoms with van der Waals surface area (Å²) in [6.07, 6.45) is -0.0289. The van der Waals surface area contributed by atoms with Gasteiger partial charge in [-0.15, -0.1) is 0 Å². The summed E-state index contributed by atoms with van der Waals surface area (Å²) in [5.74, 6) is 0.922. The Morgan fingerprint density at radius 3 is 2.49 bits per heavy atom. The van der Waals surface area contributed by atoms with Crippen LogP contribution in [0.15, 0.2) is 53.5 Å². The molecular formula is C24H19F3N6O2. The smallest absolute Gasteiger partial charge is 0.434 e. The van der Waals surface area contributed by atoms with Gasteiger partial charge >= 0.3 is 6.18 Å². The second-order valence-corrected chi connectivity index (χ2v) is 7.90. The first-order valence-corrected chi connectivity index (χ1v) is 10.5. The maximum Gasteiger partial charge on any atom is 0.434 e. The average molecular weight is 480 g/mol. The first-order chi connectivity index (χ1) is 16.7. The minimum absolute atomic E-state index is 0.235. The van der Waals surface area contributed by atoms with Gasteiger partial charge < -0.3 is 13.7 Å². The van der Waals surface area contributed by atoms with E-state index in [1.54, 1.807) is 24.4 Å². The molecule has 0 aliphatic heterocycles. The van der Waals surface area contributed by atoms with Gasteiger partial charge in [0.2, 0.25) is 11.8 Å². The highest BCUT2D eigenvalue weighted by atomic mass is 19.4. The third-order valence-corrected chi connectivity index (χ3v) is 5.54. The highest BCUT2D eigenvalue weighted by Crippen LogP contribution is 2.33. The van der Waals surface area contributed by atoms with E-state index in [9.17, 15) is 13.2 Å². The van der Waals surface area contributed by atoms with Crippen LogP contribution in [0.1, 0.15) is 22.6 Å². The Kier molecular flexibility index (Phi) is 5.46. The molecule has 11 heteroatoms. The largest absolute Gasteiger partial charge is 0.480 e. The fourth-order valence-corrected chi connectivity index (χ4v) is 3.83. The number of ether oxygens (including phenoxy) is 1. The van der Waals surface area contributed by atoms with Crippen LogP contribution in [0.2, 0.25) is 0 Å². The van der Waals surface area contributed by atoms with E-state index < -0.39 is 11.9 Å². The topological polar surface area (TPSA) is 91.8 Å². The molecule has 0 aliphatic carbocycles. The van der Waals surface area contributed by atoms with Crippen molar-refractivity contribution in [1.29, 1.82) is 0 Å². The van der Waals surface area contributed by atoms with Crippen molar-refractivity contribution in [1.82, 2.24) is 29.5 Å². The van der Waals surface area contributed by atoms with Gasteiger partial charge in [-0.2, -0.15) is 13.2 Å². The van der Waals surface area contributed by atoms with Crippen LogP contribution in [0.25, 0.3) is 33.9 Å². The number of hydrogen-bond acceptors (Lipinski definition) is 7. The van der Waals surface area contributed by atoms with Crippen molar-refractivity contribution < 1.29 is 22.3 Å². The van der Waals surface area contributed by atoms with Gasteiger partial charge in [0.05, 0.1) is 18.5 Å². The Morgan fingerprint density at radius 1 is 1.03 bits per heavy atom. The van der Waals surface area contributed by atoms with E-state index >= 15 is 0 Å². The van der Waals surface area contributed by atoms with E-state index in [-0.39, 0.29) is 5.82 Å². The minimum atomic E-state index is -4.50. The van der Waals surface area contributed by atoms with E-state index in [0.717, 1.165) is 11.8 Å². The molecule has 4 heterocycles. The van der Waals surface area contributed by atoms with Crippen LogP contribution in [0.5, 0.6) is 5.88 Å². The predicted molar refractivity (Wildman–Crippen MR) is 121 cm³/mol. The molecule has 5 rings (SSSR count). The van der Waals surface area contributed by atoms with Crippen LogP contribution in [0.4, 0.5) is 13.2 Å². The second-order valence-electron chi connectivity index (χ2n) is 7.90. The van der Waals surface area contributed by atoms with Gasteiger partial charge in [-0.05, 0) is 18.6 Å². The number of fused-ring (bicyclic) bond motifs is 1. The summed E-state index contributed by atoms with van der Waals surface area (Å²) in [6.45, 7) is 1.81. The third kappa shape index (κ3) is 4.20. The van der Waals surface area contributed by atoms with Crippen molar-refractivity contribution in [3.05, 3.63) is 71.7 Å². The lowest BCUT2D eigenvalue weighted by atomic mass is 10.1. The average Bonchev–Trinajstić information content (AvgIpc) is 3.43. The predicted octanol–water partition coefficient (Wildman–Crippen LogP) is 5.01. The number of oxazole rings is 1. The maximum atomic E-state index is 13.0. The number of nitrogens with zero attached hydrogens (tertiary/aromatic N) is 6. The number of alkyl halides is 3. The number of halogens is 3. The summed E-state index contributed by atoms with van der Waals surface area (Å²) < 4.78 is 51.8. The van der Waals surface area contributed by atoms with Crippen molar-refractivity contribution >= 4 is 11.1 Å². The molecule has 5 aromatic rings. The summed E-state index contributed by atoms with van der Waals surface area (Å²) >= 11 is 0. The lowest BCUT2D eigenvalue weighted by Gasteiger charge is -2.06. The van der Waals surface area contributed by atoms with Crippen molar-refractivity contribution in [2.45, 2.75) is 19.5 Å². The van der Waals surface area contributed by atoms with Crippen molar-refractivity contribution in [2.75, 3.05) is 7.11 Å². The highest BCUT2D eigenvalue weighted by Gasteiger charge is 2.34. The number of benzene rings is 1. The molecule has 0 atom stereocenters. The molecular weight excluding hydrogens is 461 g/mol. The molecule has 0 spiro atoms. The standard InChI is InChI=1S/C24H19F3N6O2/c1-13-19(22(34-3)30-12-29-13)23-31-16-8-9-28-17(20(16)35-23)10-14-4-6-15(7-5-14)21-32-18(11-33(21)2)24(25,26)27/h4-9,11-12H,10H2,1-3H3. The van der Waals surface area contributed by atoms with E-state index in [2.05, 4.69) is 24.9 Å². The van der Waals surface area contributed by atoms with Crippen molar-refractivity contribution in [2.24, 2.45) is 7.05 Å². The Hall–Kier alpha value is -4.28. The quantitative estimate of drug-likeness (QED) is 0.349. The summed E-state index contributed by atoms with van der Waals surface area (Å²) in [5, 5.41) is 0. The van der Waals surface area contributed by atoms with Gasteiger partial charge in [-0.25, -0.2) is 19.9 Å². The zero-order valence-electron chi connectivity index (χ0n) is 19.0. The Balaban J connectivity index is 1.46. The van der Waals surface area contributed by atoms with Crippen LogP contribution < -0.4 is 4.74 Å². The molecule has 1 aromatic carbocycles. The molecule has 0 N–H and O–H groups in total. The maximum absolute atomic E-state index is 13.0. The van der Waals surface area contributed by atoms with Crippen molar-refractivity contribution in [3.63, 3.8) is 0 Å². The Labute approximate surface area is 197 Å². The molecule has 0 bridgehead atoms. The number of aromatic nitrogens is 6. The molecule has 0 radical (unpaired) electrons. The van der Waals surface area contributed by atoms with E-state index in [1.807, 2.05) is 19.1 Å². The molecule has 0 amide bonds. The number of hydrogen-bond donors (Lipinski definition) is 0. The van der Waals surface area contributed by atoms with Crippen LogP contribution >= 0.6 is 0 Å². The SMILES string of the molecule is COc1ncnc(C)c1-c1nc2ccnc(Cc3ccc(-c4nc(C(F)(F)F)cn4C)cc3)c2o1. The summed E-state index contributed by atoms with van der Waals surface area (Å²) in [6, 6.07) is 8.87. The zero-order chi connectivity index (χ0) is 24.7. The van der Waals surface area contributed by atoms with E-state index in [0.29, 0.717) is 51.8 Å². The van der Waals surface area contributed by atoms with Gasteiger partial charge in [0.25, 0.3) is 0 Å². The molecule has 0 fully saturated rings. The molecule has 0 saturated heterocycles. The summed E-state index contributed by atoms with van der Waals surface area (Å²) in [7, 11) is 3.05. The summed E-state index contributed by atoms with van der Waals surface area (Å²) in [5.41, 5.74) is 3.59. The molecule has 0 unspecified atom stereocenters. The number of aryl methyl sites for hydroxylation is 2. The van der Waals surface area contributed by atoms with E-state index in [4.69, 9.17) is 9.15 Å². The van der Waals surface area contributed by atoms with Gasteiger partial charge in [0, 0.05) is 31.4 Å². The Morgan fingerprint density at radius 2 is 1.80 bits per heavy atom. The molecule has 178 valence electrons. The number of rotatable bonds is 5. The molecule has 35 heavy (non-hydrogen) atoms. The minimum Gasteiger partial charge on any atom is -0.480 e. The normalized spacial score (nSPS) is 11.8. The third-order valence-electron chi connectivity index (χ3n) is 5.54. The fraction of sp³-hybridized carbons (Fsp3) is 0.208. The molecule has 0 aliphatic rings. The van der Waals surface area contributed by atoms with E-state index in [1.165, 1.54) is 25.1 Å². The van der Waals surface area contributed by atoms with Gasteiger partial charge in [0.1, 0.15) is 23.2 Å². The monoisotopic (exact) mass is 480 g/mol. The number of imidazole rings is 1. The molecule has 8 nitrogen and oxygen atoms in total. The lowest BCUT2D eigenvalue weighted by molar-refractivity contribution is -0.140. The summed E-state index contributed by atoms with van der Waals surface area (Å²) in [4.78, 5) is 21.1. The fourth-order valence-electron chi connectivity index (χ4n) is 3.83. The van der Waals surface area contributed by atoms with Crippen LogP contribution in [-0.4, -0.2) is 36.6 Å². The molecule has 0 saturated carbocycles. The van der Waals surface area contributed by atoms with Gasteiger partial charge in [-0.3, -0.25) is 4.98 Å². The zero-order valence-corrected chi connectivity index (χ0v) is 19.0. The number of pyridine rings is 1. The lowest BCUT2D eigenvalue weighted by Crippen LogP contribution is -2.04. The first-order valence-electron chi connectivity index (χ1n) is 10.5. The van der Waals surface area contributed by atoms with Crippen LogP contribution in [0, 0.1) is 6.92 Å². The first kappa shape index (κ1) is 22.5. The van der Waals surface area contributed by atoms with Crippen molar-refractivity contribution in [3.8, 4) is 28.7 Å². The van der Waals surface area contributed by atoms with Crippen LogP contribution in [-0.2, 0) is 19.6 Å². The molecule has 4 aromatic heterocycles. The van der Waals surface area contributed by atoms with Crippen LogP contribution in [0.3, 0.4) is 0 Å². The second kappa shape index (κ2) is 8.49. The Bertz CT molecular complexity index is 1520. The number of methoxy groups -OCH3 is 1. The van der Waals surface area contributed by atoms with Gasteiger partial charge in [0.15, 0.2) is 11.3 Å². The highest BCUT2D eigenvalue weighted by molar-refractivity contribution is 5.79.